The zero-order valence-electron chi connectivity index (χ0n) is 6.64. The van der Waals surface area contributed by atoms with Gasteiger partial charge in [0, 0.05) is 0 Å². The molecule has 0 aromatic carbocycles. The highest BCUT2D eigenvalue weighted by Gasteiger charge is 2.33. The predicted molar refractivity (Wildman–Crippen MR) is 35.9 cm³/mol. The molecule has 0 atom stereocenters. The third kappa shape index (κ3) is 2.48. The molecule has 0 saturated heterocycles. The quantitative estimate of drug-likeness (QED) is 0.593. The first-order chi connectivity index (χ1) is 5.37. The van der Waals surface area contributed by atoms with Gasteiger partial charge in [0.15, 0.2) is 0 Å². The molecule has 12 heavy (non-hydrogen) atoms. The molecule has 0 bridgehead atoms. The van der Waals surface area contributed by atoms with E-state index in [1.54, 1.807) is 0 Å². The Morgan fingerprint density at radius 2 is 1.33 bits per heavy atom. The van der Waals surface area contributed by atoms with Crippen LogP contribution < -0.4 is 0 Å². The third-order valence-electron chi connectivity index (χ3n) is 1.31. The maximum atomic E-state index is 11.7. The summed E-state index contributed by atoms with van der Waals surface area (Å²) < 4.78 is 23.5. The number of hydrogen-bond acceptors (Lipinski definition) is 3. The highest BCUT2D eigenvalue weighted by molar-refractivity contribution is 6.18. The van der Waals surface area contributed by atoms with Gasteiger partial charge in [0.25, 0.3) is 6.43 Å². The van der Waals surface area contributed by atoms with Gasteiger partial charge >= 0.3 is 0 Å². The molecule has 0 aliphatic carbocycles. The number of ketones is 3. The number of halogens is 2. The average Bonchev–Trinajstić information content (AvgIpc) is 1.85. The van der Waals surface area contributed by atoms with E-state index >= 15 is 0 Å². The Morgan fingerprint density at radius 1 is 1.00 bits per heavy atom. The predicted octanol–water partition coefficient (Wildman–Crippen LogP) is 0.615. The Balaban J connectivity index is 4.64. The number of carbonyl (C=O) groups is 3. The van der Waals surface area contributed by atoms with Crippen molar-refractivity contribution in [3.8, 4) is 0 Å². The summed E-state index contributed by atoms with van der Waals surface area (Å²) in [6.07, 6.45) is -3.26. The minimum Gasteiger partial charge on any atom is -0.299 e. The summed E-state index contributed by atoms with van der Waals surface area (Å²) in [5.41, 5.74) is 0. The van der Waals surface area contributed by atoms with Gasteiger partial charge in [-0.15, -0.1) is 0 Å². The van der Waals surface area contributed by atoms with Crippen molar-refractivity contribution in [1.82, 2.24) is 0 Å². The van der Waals surface area contributed by atoms with Crippen molar-refractivity contribution >= 4 is 17.3 Å². The van der Waals surface area contributed by atoms with Crippen molar-refractivity contribution in [2.75, 3.05) is 0 Å². The molecule has 0 aliphatic rings. The lowest BCUT2D eigenvalue weighted by molar-refractivity contribution is -0.144. The van der Waals surface area contributed by atoms with E-state index in [1.165, 1.54) is 0 Å². The molecule has 0 unspecified atom stereocenters. The second kappa shape index (κ2) is 4.04. The molecule has 5 heteroatoms. The highest BCUT2D eigenvalue weighted by Crippen LogP contribution is 2.08. The fourth-order valence-electron chi connectivity index (χ4n) is 0.813. The van der Waals surface area contributed by atoms with Gasteiger partial charge in [-0.2, -0.15) is 0 Å². The van der Waals surface area contributed by atoms with E-state index < -0.39 is 29.7 Å². The van der Waals surface area contributed by atoms with Gasteiger partial charge in [-0.05, 0) is 13.8 Å². The maximum Gasteiger partial charge on any atom is 0.297 e. The van der Waals surface area contributed by atoms with Crippen molar-refractivity contribution in [2.24, 2.45) is 5.92 Å². The topological polar surface area (TPSA) is 51.2 Å². The molecule has 0 fully saturated rings. The van der Waals surface area contributed by atoms with Crippen molar-refractivity contribution in [2.45, 2.75) is 20.3 Å². The van der Waals surface area contributed by atoms with Crippen LogP contribution in [0, 0.1) is 5.92 Å². The largest absolute Gasteiger partial charge is 0.299 e. The number of hydrogen-bond donors (Lipinski definition) is 0. The van der Waals surface area contributed by atoms with E-state index in [1.807, 2.05) is 0 Å². The first-order valence-corrected chi connectivity index (χ1v) is 3.20. The molecule has 0 spiro atoms. The Kier molecular flexibility index (Phi) is 3.66. The molecule has 0 radical (unpaired) electrons. The molecule has 68 valence electrons. The van der Waals surface area contributed by atoms with Gasteiger partial charge in [0.05, 0.1) is 0 Å². The van der Waals surface area contributed by atoms with Crippen LogP contribution in [0.15, 0.2) is 0 Å². The second-order valence-electron chi connectivity index (χ2n) is 2.36. The normalized spacial score (nSPS) is 10.5. The van der Waals surface area contributed by atoms with Gasteiger partial charge in [0.1, 0.15) is 17.5 Å². The number of rotatable bonds is 4. The Morgan fingerprint density at radius 3 is 1.42 bits per heavy atom. The first-order valence-electron chi connectivity index (χ1n) is 3.20. The SMILES string of the molecule is CC(=O)C(C(C)=O)C(=O)C(F)F. The van der Waals surface area contributed by atoms with E-state index in [0.717, 1.165) is 13.8 Å². The van der Waals surface area contributed by atoms with Crippen LogP contribution in [0.4, 0.5) is 8.78 Å². The lowest BCUT2D eigenvalue weighted by Gasteiger charge is -2.06. The van der Waals surface area contributed by atoms with Crippen molar-refractivity contribution in [1.29, 1.82) is 0 Å². The fourth-order valence-corrected chi connectivity index (χ4v) is 0.813. The molecule has 0 N–H and O–H groups in total. The lowest BCUT2D eigenvalue weighted by atomic mass is 9.96. The summed E-state index contributed by atoms with van der Waals surface area (Å²) >= 11 is 0. The van der Waals surface area contributed by atoms with E-state index in [-0.39, 0.29) is 0 Å². The number of carbonyl (C=O) groups excluding carboxylic acids is 3. The molecule has 0 heterocycles. The molecule has 0 rings (SSSR count). The molecule has 3 nitrogen and oxygen atoms in total. The average molecular weight is 178 g/mol. The van der Waals surface area contributed by atoms with E-state index in [9.17, 15) is 23.2 Å². The Bertz CT molecular complexity index is 209. The Labute approximate surface area is 67.7 Å². The van der Waals surface area contributed by atoms with Crippen molar-refractivity contribution < 1.29 is 23.2 Å². The molecule has 0 aromatic rings. The minimum absolute atomic E-state index is 0.840. The van der Waals surface area contributed by atoms with Crippen LogP contribution in [0.3, 0.4) is 0 Å². The van der Waals surface area contributed by atoms with Gasteiger partial charge in [0.2, 0.25) is 5.78 Å². The zero-order valence-corrected chi connectivity index (χ0v) is 6.64. The minimum atomic E-state index is -3.26. The van der Waals surface area contributed by atoms with Crippen LogP contribution in [-0.4, -0.2) is 23.8 Å². The van der Waals surface area contributed by atoms with Gasteiger partial charge in [-0.25, -0.2) is 8.78 Å². The number of Topliss-reactive ketones (excluding diaryl/α,β-unsaturated/α-hetero) is 3. The van der Waals surface area contributed by atoms with Crippen LogP contribution in [0.25, 0.3) is 0 Å². The van der Waals surface area contributed by atoms with Crippen LogP contribution in [0.5, 0.6) is 0 Å². The summed E-state index contributed by atoms with van der Waals surface area (Å²) in [5, 5.41) is 0. The van der Waals surface area contributed by atoms with Gasteiger partial charge < -0.3 is 0 Å². The molecule has 0 saturated carbocycles. The van der Waals surface area contributed by atoms with Crippen molar-refractivity contribution in [3.63, 3.8) is 0 Å². The van der Waals surface area contributed by atoms with Crippen LogP contribution in [0.2, 0.25) is 0 Å². The monoisotopic (exact) mass is 178 g/mol. The van der Waals surface area contributed by atoms with Gasteiger partial charge in [-0.3, -0.25) is 14.4 Å². The summed E-state index contributed by atoms with van der Waals surface area (Å²) in [7, 11) is 0. The molecule has 0 aromatic heterocycles. The number of alkyl halides is 2. The van der Waals surface area contributed by atoms with Crippen molar-refractivity contribution in [3.05, 3.63) is 0 Å². The summed E-state index contributed by atoms with van der Waals surface area (Å²) in [6.45, 7) is 1.87. The van der Waals surface area contributed by atoms with E-state index in [4.69, 9.17) is 0 Å². The Hall–Kier alpha value is -1.13. The molecular weight excluding hydrogens is 170 g/mol. The van der Waals surface area contributed by atoms with Gasteiger partial charge in [-0.1, -0.05) is 0 Å². The third-order valence-corrected chi connectivity index (χ3v) is 1.31. The fraction of sp³-hybridized carbons (Fsp3) is 0.571. The second-order valence-corrected chi connectivity index (χ2v) is 2.36. The first kappa shape index (κ1) is 10.9. The molecule has 0 aliphatic heterocycles. The maximum absolute atomic E-state index is 11.7. The van der Waals surface area contributed by atoms with Crippen LogP contribution in [-0.2, 0) is 14.4 Å². The smallest absolute Gasteiger partial charge is 0.297 e. The molecule has 0 amide bonds. The summed E-state index contributed by atoms with van der Waals surface area (Å²) in [4.78, 5) is 31.6. The zero-order chi connectivity index (χ0) is 9.89. The van der Waals surface area contributed by atoms with E-state index in [0.29, 0.717) is 0 Å². The summed E-state index contributed by atoms with van der Waals surface area (Å²) in [6, 6.07) is 0. The van der Waals surface area contributed by atoms with E-state index in [2.05, 4.69) is 0 Å². The lowest BCUT2D eigenvalue weighted by Crippen LogP contribution is -2.32. The summed E-state index contributed by atoms with van der Waals surface area (Å²) in [5.74, 6) is -5.08. The molecular formula is C7H8F2O3. The highest BCUT2D eigenvalue weighted by atomic mass is 19.3. The van der Waals surface area contributed by atoms with Crippen LogP contribution >= 0.6 is 0 Å². The van der Waals surface area contributed by atoms with Crippen LogP contribution in [0.1, 0.15) is 13.8 Å². The standard InChI is InChI=1S/C7H8F2O3/c1-3(10)5(4(2)11)6(12)7(8)9/h5,7H,1-2H3.